The molecule has 0 atom stereocenters. The predicted octanol–water partition coefficient (Wildman–Crippen LogP) is 8.94. The Bertz CT molecular complexity index is 1480. The van der Waals surface area contributed by atoms with Crippen molar-refractivity contribution in [1.29, 1.82) is 0 Å². The number of rotatable bonds is 11. The van der Waals surface area contributed by atoms with E-state index in [1.807, 2.05) is 66.9 Å². The van der Waals surface area contributed by atoms with Crippen molar-refractivity contribution in [3.05, 3.63) is 137 Å². The fourth-order valence-electron chi connectivity index (χ4n) is 5.03. The number of hydrogen-bond acceptors (Lipinski definition) is 2. The number of fused-ring (bicyclic) bond motifs is 1. The molecule has 5 rings (SSSR count). The van der Waals surface area contributed by atoms with Crippen molar-refractivity contribution in [2.45, 2.75) is 25.1 Å². The number of aromatic amines is 1. The zero-order chi connectivity index (χ0) is 28.0. The molecule has 40 heavy (non-hydrogen) atoms. The van der Waals surface area contributed by atoms with Crippen LogP contribution in [-0.2, 0) is 12.7 Å². The van der Waals surface area contributed by atoms with Crippen LogP contribution >= 0.6 is 11.6 Å². The minimum absolute atomic E-state index is 0.0314. The van der Waals surface area contributed by atoms with E-state index in [1.54, 1.807) is 6.07 Å². The molecule has 0 saturated carbocycles. The summed E-state index contributed by atoms with van der Waals surface area (Å²) in [5, 5.41) is 0.832. The number of halogens is 4. The van der Waals surface area contributed by atoms with Gasteiger partial charge in [0.25, 0.3) is 0 Å². The largest absolute Gasteiger partial charge is 0.494 e. The summed E-state index contributed by atoms with van der Waals surface area (Å²) in [4.78, 5) is 5.34. The van der Waals surface area contributed by atoms with Crippen LogP contribution in [0, 0.1) is 0 Å². The summed E-state index contributed by atoms with van der Waals surface area (Å²) in [6.07, 6.45) is -1.93. The zero-order valence-corrected chi connectivity index (χ0v) is 22.6. The Hall–Kier alpha value is -3.74. The number of ether oxygens (including phenoxy) is 1. The summed E-state index contributed by atoms with van der Waals surface area (Å²) >= 11 is 6.31. The lowest BCUT2D eigenvalue weighted by Gasteiger charge is -2.29. The van der Waals surface area contributed by atoms with Gasteiger partial charge in [0, 0.05) is 42.7 Å². The number of hydrogen-bond donors (Lipinski definition) is 1. The van der Waals surface area contributed by atoms with Crippen molar-refractivity contribution in [3.63, 3.8) is 0 Å². The second-order valence-electron chi connectivity index (χ2n) is 9.81. The molecule has 1 N–H and O–H groups in total. The van der Waals surface area contributed by atoms with E-state index in [0.29, 0.717) is 31.7 Å². The molecule has 0 spiro atoms. The van der Waals surface area contributed by atoms with E-state index in [0.717, 1.165) is 33.8 Å². The van der Waals surface area contributed by atoms with Gasteiger partial charge in [0.05, 0.1) is 17.2 Å². The molecule has 0 aliphatic rings. The van der Waals surface area contributed by atoms with Gasteiger partial charge in [0.1, 0.15) is 5.75 Å². The van der Waals surface area contributed by atoms with Crippen molar-refractivity contribution in [2.24, 2.45) is 0 Å². The van der Waals surface area contributed by atoms with Crippen LogP contribution in [0.1, 0.15) is 34.6 Å². The highest BCUT2D eigenvalue weighted by molar-refractivity contribution is 6.32. The van der Waals surface area contributed by atoms with Gasteiger partial charge in [0.2, 0.25) is 0 Å². The molecule has 0 radical (unpaired) electrons. The van der Waals surface area contributed by atoms with E-state index in [1.165, 1.54) is 6.07 Å². The minimum atomic E-state index is -4.51. The fourth-order valence-corrected chi connectivity index (χ4v) is 5.32. The summed E-state index contributed by atoms with van der Waals surface area (Å²) in [5.41, 5.74) is 2.98. The summed E-state index contributed by atoms with van der Waals surface area (Å²) in [5.74, 6) is 0.815. The highest BCUT2D eigenvalue weighted by Crippen LogP contribution is 2.37. The Kier molecular flexibility index (Phi) is 8.78. The SMILES string of the molecule is FC(F)(F)c1cccc(CN(CCCOc2ccc3[nH]ccc3c2)CC(c2ccccc2)c2ccccc2)c1Cl. The van der Waals surface area contributed by atoms with Gasteiger partial charge in [-0.2, -0.15) is 13.2 Å². The molecule has 0 saturated heterocycles. The molecule has 3 nitrogen and oxygen atoms in total. The molecular weight excluding hydrogens is 533 g/mol. The fraction of sp³-hybridized carbons (Fsp3) is 0.212. The molecule has 0 amide bonds. The zero-order valence-electron chi connectivity index (χ0n) is 21.9. The van der Waals surface area contributed by atoms with E-state index >= 15 is 0 Å². The third-order valence-electron chi connectivity index (χ3n) is 7.03. The lowest BCUT2D eigenvalue weighted by atomic mass is 9.90. The van der Waals surface area contributed by atoms with Gasteiger partial charge in [-0.25, -0.2) is 0 Å². The van der Waals surface area contributed by atoms with Crippen LogP contribution in [0.5, 0.6) is 5.75 Å². The molecule has 7 heteroatoms. The van der Waals surface area contributed by atoms with Gasteiger partial charge in [-0.05, 0) is 53.4 Å². The van der Waals surface area contributed by atoms with Crippen LogP contribution in [0.15, 0.2) is 109 Å². The average molecular weight is 563 g/mol. The van der Waals surface area contributed by atoms with Crippen LogP contribution in [0.3, 0.4) is 0 Å². The van der Waals surface area contributed by atoms with Gasteiger partial charge in [-0.3, -0.25) is 4.90 Å². The summed E-state index contributed by atoms with van der Waals surface area (Å²) < 4.78 is 46.8. The highest BCUT2D eigenvalue weighted by atomic mass is 35.5. The molecule has 4 aromatic carbocycles. The Morgan fingerprint density at radius 2 is 1.52 bits per heavy atom. The first-order valence-electron chi connectivity index (χ1n) is 13.3. The van der Waals surface area contributed by atoms with Gasteiger partial charge in [-0.1, -0.05) is 84.4 Å². The molecule has 0 fully saturated rings. The third-order valence-corrected chi connectivity index (χ3v) is 7.48. The maximum atomic E-state index is 13.6. The van der Waals surface area contributed by atoms with Crippen molar-refractivity contribution >= 4 is 22.5 Å². The minimum Gasteiger partial charge on any atom is -0.494 e. The average Bonchev–Trinajstić information content (AvgIpc) is 3.43. The van der Waals surface area contributed by atoms with E-state index in [9.17, 15) is 13.2 Å². The van der Waals surface area contributed by atoms with Crippen molar-refractivity contribution in [2.75, 3.05) is 19.7 Å². The van der Waals surface area contributed by atoms with Crippen LogP contribution in [0.25, 0.3) is 10.9 Å². The number of nitrogens with zero attached hydrogens (tertiary/aromatic N) is 1. The Labute approximate surface area is 237 Å². The standard InChI is InChI=1S/C33H30ClF3N2O/c34-32-27(13-7-14-30(32)33(35,36)37)22-39(19-8-20-40-28-15-16-31-26(21-28)17-18-38-31)23-29(24-9-3-1-4-10-24)25-11-5-2-6-12-25/h1-7,9-18,21,29,38H,8,19-20,22-23H2. The van der Waals surface area contributed by atoms with Crippen LogP contribution in [-0.4, -0.2) is 29.6 Å². The van der Waals surface area contributed by atoms with E-state index in [-0.39, 0.29) is 17.5 Å². The molecule has 0 aliphatic heterocycles. The summed E-state index contributed by atoms with van der Waals surface area (Å²) in [6, 6.07) is 32.4. The Morgan fingerprint density at radius 3 is 2.20 bits per heavy atom. The first-order chi connectivity index (χ1) is 19.4. The molecule has 5 aromatic rings. The monoisotopic (exact) mass is 562 g/mol. The van der Waals surface area contributed by atoms with Crippen LogP contribution in [0.2, 0.25) is 5.02 Å². The van der Waals surface area contributed by atoms with Crippen molar-refractivity contribution < 1.29 is 17.9 Å². The van der Waals surface area contributed by atoms with Gasteiger partial charge in [0.15, 0.2) is 0 Å². The number of alkyl halides is 3. The Morgan fingerprint density at radius 1 is 0.825 bits per heavy atom. The number of aromatic nitrogens is 1. The highest BCUT2D eigenvalue weighted by Gasteiger charge is 2.34. The van der Waals surface area contributed by atoms with E-state index < -0.39 is 11.7 Å². The topological polar surface area (TPSA) is 28.3 Å². The summed E-state index contributed by atoms with van der Waals surface area (Å²) in [7, 11) is 0. The first kappa shape index (κ1) is 27.8. The predicted molar refractivity (Wildman–Crippen MR) is 155 cm³/mol. The Balaban J connectivity index is 1.36. The maximum absolute atomic E-state index is 13.6. The van der Waals surface area contributed by atoms with Gasteiger partial charge in [-0.15, -0.1) is 0 Å². The molecule has 1 aromatic heterocycles. The second kappa shape index (κ2) is 12.6. The molecule has 0 unspecified atom stereocenters. The molecule has 0 aliphatic carbocycles. The number of benzene rings is 4. The lowest BCUT2D eigenvalue weighted by Crippen LogP contribution is -2.31. The van der Waals surface area contributed by atoms with Crippen molar-refractivity contribution in [3.8, 4) is 5.75 Å². The smallest absolute Gasteiger partial charge is 0.417 e. The molecule has 0 bridgehead atoms. The van der Waals surface area contributed by atoms with Gasteiger partial charge < -0.3 is 9.72 Å². The van der Waals surface area contributed by atoms with E-state index in [4.69, 9.17) is 16.3 Å². The molecule has 206 valence electrons. The quantitative estimate of drug-likeness (QED) is 0.163. The number of H-pyrrole nitrogens is 1. The molecule has 1 heterocycles. The second-order valence-corrected chi connectivity index (χ2v) is 10.2. The maximum Gasteiger partial charge on any atom is 0.417 e. The summed E-state index contributed by atoms with van der Waals surface area (Å²) in [6.45, 7) is 1.99. The third kappa shape index (κ3) is 6.87. The van der Waals surface area contributed by atoms with Crippen LogP contribution < -0.4 is 4.74 Å². The molecular formula is C33H30ClF3N2O. The van der Waals surface area contributed by atoms with Gasteiger partial charge >= 0.3 is 6.18 Å². The van der Waals surface area contributed by atoms with Crippen molar-refractivity contribution in [1.82, 2.24) is 9.88 Å². The van der Waals surface area contributed by atoms with E-state index in [2.05, 4.69) is 34.1 Å². The van der Waals surface area contributed by atoms with Crippen LogP contribution in [0.4, 0.5) is 13.2 Å². The first-order valence-corrected chi connectivity index (χ1v) is 13.6. The normalized spacial score (nSPS) is 11.9. The number of nitrogens with one attached hydrogen (secondary N) is 1. The lowest BCUT2D eigenvalue weighted by molar-refractivity contribution is -0.137.